The van der Waals surface area contributed by atoms with Gasteiger partial charge in [0.1, 0.15) is 0 Å². The van der Waals surface area contributed by atoms with E-state index in [0.29, 0.717) is 5.82 Å². The summed E-state index contributed by atoms with van der Waals surface area (Å²) in [7, 11) is 0. The van der Waals surface area contributed by atoms with Gasteiger partial charge in [0.25, 0.3) is 0 Å². The Morgan fingerprint density at radius 2 is 1.04 bits per heavy atom. The molecule has 0 radical (unpaired) electrons. The van der Waals surface area contributed by atoms with Crippen LogP contribution in [0.2, 0.25) is 0 Å². The maximum Gasteiger partial charge on any atom is 0.160 e. The van der Waals surface area contributed by atoms with Gasteiger partial charge in [-0.3, -0.25) is 9.97 Å². The molecule has 5 nitrogen and oxygen atoms in total. The number of hydrogen-bond donors (Lipinski definition) is 0. The van der Waals surface area contributed by atoms with Crippen LogP contribution in [-0.4, -0.2) is 24.5 Å². The predicted octanol–water partition coefficient (Wildman–Crippen LogP) is 13.1. The van der Waals surface area contributed by atoms with Gasteiger partial charge >= 0.3 is 0 Å². The molecule has 5 aromatic heterocycles. The first kappa shape index (κ1) is 32.2. The fraction of sp³-hybridized carbons (Fsp3) is 0. The molecule has 11 aromatic rings. The number of benzene rings is 6. The summed E-state index contributed by atoms with van der Waals surface area (Å²) in [5, 5.41) is 3.61. The average molecular weight is 734 g/mol. The first-order chi connectivity index (χ1) is 27.7. The summed E-state index contributed by atoms with van der Waals surface area (Å²) < 4.78 is 4.78. The molecule has 0 spiro atoms. The van der Waals surface area contributed by atoms with Crippen molar-refractivity contribution < 1.29 is 0 Å². The van der Waals surface area contributed by atoms with E-state index in [4.69, 9.17) is 15.0 Å². The smallest absolute Gasteiger partial charge is 0.160 e. The van der Waals surface area contributed by atoms with Gasteiger partial charge in [-0.25, -0.2) is 9.97 Å². The summed E-state index contributed by atoms with van der Waals surface area (Å²) in [5.41, 5.74) is 13.2. The molecule has 0 saturated carbocycles. The highest BCUT2D eigenvalue weighted by Crippen LogP contribution is 2.42. The summed E-state index contributed by atoms with van der Waals surface area (Å²) in [5.74, 6) is 0.668. The highest BCUT2D eigenvalue weighted by molar-refractivity contribution is 7.26. The van der Waals surface area contributed by atoms with Crippen LogP contribution in [0, 0.1) is 0 Å². The molecular weight excluding hydrogens is 703 g/mol. The molecule has 0 saturated heterocycles. The standard InChI is InChI=1S/C50H31N5S/c1-2-13-32(14-3-1)50-53-43(34-16-12-15-33(27-34)42-20-10-11-25-51-42)31-44(54-50)36-28-35(38-24-26-52-48-41-19-6-9-23-47(41)56-49(38)48)29-37(30-36)55-45-21-7-4-17-39(45)40-18-5-8-22-46(40)55/h1-31H. The summed E-state index contributed by atoms with van der Waals surface area (Å²) in [6.45, 7) is 0. The van der Waals surface area contributed by atoms with Crippen molar-refractivity contribution in [2.75, 3.05) is 0 Å². The molecular formula is C50H31N5S. The largest absolute Gasteiger partial charge is 0.309 e. The second-order valence-electron chi connectivity index (χ2n) is 13.9. The zero-order valence-corrected chi connectivity index (χ0v) is 30.9. The van der Waals surface area contributed by atoms with Crippen molar-refractivity contribution in [1.82, 2.24) is 24.5 Å². The van der Waals surface area contributed by atoms with Crippen LogP contribution in [0.15, 0.2) is 188 Å². The lowest BCUT2D eigenvalue weighted by atomic mass is 9.98. The fourth-order valence-corrected chi connectivity index (χ4v) is 9.10. The normalized spacial score (nSPS) is 11.6. The van der Waals surface area contributed by atoms with Crippen LogP contribution in [0.25, 0.3) is 104 Å². The van der Waals surface area contributed by atoms with Crippen LogP contribution >= 0.6 is 11.3 Å². The third-order valence-corrected chi connectivity index (χ3v) is 11.7. The lowest BCUT2D eigenvalue weighted by Crippen LogP contribution is -1.99. The lowest BCUT2D eigenvalue weighted by molar-refractivity contribution is 1.16. The van der Waals surface area contributed by atoms with Crippen LogP contribution in [0.4, 0.5) is 0 Å². The maximum absolute atomic E-state index is 5.32. The highest BCUT2D eigenvalue weighted by atomic mass is 32.1. The third-order valence-electron chi connectivity index (χ3n) is 10.5. The molecule has 6 heteroatoms. The Kier molecular flexibility index (Phi) is 7.60. The van der Waals surface area contributed by atoms with Gasteiger partial charge in [-0.2, -0.15) is 0 Å². The van der Waals surface area contributed by atoms with Crippen molar-refractivity contribution in [3.63, 3.8) is 0 Å². The van der Waals surface area contributed by atoms with E-state index in [2.05, 4.69) is 149 Å². The van der Waals surface area contributed by atoms with Crippen LogP contribution in [-0.2, 0) is 0 Å². The quantitative estimate of drug-likeness (QED) is 0.171. The Balaban J connectivity index is 1.19. The topological polar surface area (TPSA) is 56.5 Å². The maximum atomic E-state index is 5.32. The van der Waals surface area contributed by atoms with Crippen LogP contribution in [0.3, 0.4) is 0 Å². The van der Waals surface area contributed by atoms with Crippen molar-refractivity contribution in [2.24, 2.45) is 0 Å². The molecule has 0 aliphatic heterocycles. The van der Waals surface area contributed by atoms with Gasteiger partial charge in [-0.05, 0) is 72.3 Å². The molecule has 0 amide bonds. The monoisotopic (exact) mass is 733 g/mol. The Labute approximate surface area is 326 Å². The van der Waals surface area contributed by atoms with Gasteiger partial charge in [0.05, 0.1) is 38.3 Å². The summed E-state index contributed by atoms with van der Waals surface area (Å²) >= 11 is 1.79. The minimum atomic E-state index is 0.668. The molecule has 0 aliphatic rings. The molecule has 56 heavy (non-hydrogen) atoms. The van der Waals surface area contributed by atoms with Crippen molar-refractivity contribution in [1.29, 1.82) is 0 Å². The number of pyridine rings is 2. The Hall–Kier alpha value is -7.28. The van der Waals surface area contributed by atoms with E-state index >= 15 is 0 Å². The fourth-order valence-electron chi connectivity index (χ4n) is 7.91. The lowest BCUT2D eigenvalue weighted by Gasteiger charge is -2.15. The summed E-state index contributed by atoms with van der Waals surface area (Å²) in [4.78, 5) is 20.0. The van der Waals surface area contributed by atoms with Gasteiger partial charge in [0, 0.05) is 66.8 Å². The average Bonchev–Trinajstić information content (AvgIpc) is 3.83. The first-order valence-corrected chi connectivity index (χ1v) is 19.4. The molecule has 0 fully saturated rings. The van der Waals surface area contributed by atoms with Crippen LogP contribution < -0.4 is 0 Å². The van der Waals surface area contributed by atoms with Crippen LogP contribution in [0.5, 0.6) is 0 Å². The predicted molar refractivity (Wildman–Crippen MR) is 232 cm³/mol. The van der Waals surface area contributed by atoms with E-state index in [-0.39, 0.29) is 0 Å². The molecule has 0 aliphatic carbocycles. The van der Waals surface area contributed by atoms with Crippen LogP contribution in [0.1, 0.15) is 0 Å². The Morgan fingerprint density at radius 1 is 0.411 bits per heavy atom. The van der Waals surface area contributed by atoms with Crippen molar-refractivity contribution in [3.8, 4) is 62.0 Å². The molecule has 5 heterocycles. The second-order valence-corrected chi connectivity index (χ2v) is 14.9. The van der Waals surface area contributed by atoms with E-state index in [9.17, 15) is 0 Å². The van der Waals surface area contributed by atoms with Crippen molar-refractivity contribution in [3.05, 3.63) is 188 Å². The van der Waals surface area contributed by atoms with E-state index in [1.807, 2.05) is 48.8 Å². The van der Waals surface area contributed by atoms with Gasteiger partial charge in [0.15, 0.2) is 5.82 Å². The van der Waals surface area contributed by atoms with Gasteiger partial charge in [0.2, 0.25) is 0 Å². The number of fused-ring (bicyclic) bond motifs is 6. The number of para-hydroxylation sites is 2. The number of hydrogen-bond acceptors (Lipinski definition) is 5. The molecule has 262 valence electrons. The number of nitrogens with zero attached hydrogens (tertiary/aromatic N) is 5. The molecule has 0 atom stereocenters. The highest BCUT2D eigenvalue weighted by Gasteiger charge is 2.19. The van der Waals surface area contributed by atoms with Crippen molar-refractivity contribution >= 4 is 53.4 Å². The van der Waals surface area contributed by atoms with Gasteiger partial charge in [-0.15, -0.1) is 11.3 Å². The Morgan fingerprint density at radius 3 is 1.80 bits per heavy atom. The minimum Gasteiger partial charge on any atom is -0.309 e. The van der Waals surface area contributed by atoms with E-state index in [1.54, 1.807) is 11.3 Å². The SMILES string of the molecule is c1ccc(-c2nc(-c3cccc(-c4ccccn4)c3)cc(-c3cc(-c4ccnc5c4sc4ccccc45)cc(-n4c5ccccc5c5ccccc54)c3)n2)cc1. The van der Waals surface area contributed by atoms with Gasteiger partial charge in [-0.1, -0.05) is 109 Å². The first-order valence-electron chi connectivity index (χ1n) is 18.6. The zero-order chi connectivity index (χ0) is 37.0. The zero-order valence-electron chi connectivity index (χ0n) is 30.0. The van der Waals surface area contributed by atoms with E-state index in [1.165, 1.54) is 25.6 Å². The summed E-state index contributed by atoms with van der Waals surface area (Å²) in [6.07, 6.45) is 3.77. The second kappa shape index (κ2) is 13.2. The third kappa shape index (κ3) is 5.46. The molecule has 6 aromatic carbocycles. The van der Waals surface area contributed by atoms with Crippen molar-refractivity contribution in [2.45, 2.75) is 0 Å². The van der Waals surface area contributed by atoms with E-state index < -0.39 is 0 Å². The molecule has 0 bridgehead atoms. The molecule has 0 N–H and O–H groups in total. The van der Waals surface area contributed by atoms with E-state index in [0.717, 1.165) is 72.7 Å². The molecule has 0 unspecified atom stereocenters. The number of rotatable bonds is 6. The van der Waals surface area contributed by atoms with Gasteiger partial charge < -0.3 is 4.57 Å². The minimum absolute atomic E-state index is 0.668. The Bertz CT molecular complexity index is 3200. The molecule has 11 rings (SSSR count). The number of aromatic nitrogens is 5. The summed E-state index contributed by atoms with van der Waals surface area (Å²) in [6, 6.07) is 61.7. The number of thiophene rings is 1.